The van der Waals surface area contributed by atoms with Crippen molar-refractivity contribution in [3.63, 3.8) is 0 Å². The maximum atomic E-state index is 13.0. The Morgan fingerprint density at radius 1 is 1.23 bits per heavy atom. The van der Waals surface area contributed by atoms with Crippen LogP contribution in [0.4, 0.5) is 0 Å². The molecular weight excluding hydrogens is 310 g/mol. The predicted octanol–water partition coefficient (Wildman–Crippen LogP) is 4.20. The Balaban J connectivity index is 1.69. The van der Waals surface area contributed by atoms with Crippen molar-refractivity contribution in [2.45, 2.75) is 36.6 Å². The Morgan fingerprint density at radius 3 is 2.77 bits per heavy atom. The Labute approximate surface area is 142 Å². The van der Waals surface area contributed by atoms with Gasteiger partial charge >= 0.3 is 0 Å². The second-order valence-corrected chi connectivity index (χ2v) is 8.31. The zero-order valence-electron chi connectivity index (χ0n) is 13.3. The minimum absolute atomic E-state index is 0.191. The molecule has 0 unspecified atom stereocenters. The summed E-state index contributed by atoms with van der Waals surface area (Å²) < 4.78 is 0. The van der Waals surface area contributed by atoms with Gasteiger partial charge in [0.1, 0.15) is 0 Å². The molecule has 0 aromatic heterocycles. The predicted molar refractivity (Wildman–Crippen MR) is 97.2 cm³/mol. The topological polar surface area (TPSA) is 20.3 Å². The average Bonchev–Trinajstić information content (AvgIpc) is 2.62. The van der Waals surface area contributed by atoms with E-state index in [2.05, 4.69) is 29.0 Å². The Hall–Kier alpha value is -0.450. The van der Waals surface area contributed by atoms with Crippen molar-refractivity contribution in [2.24, 2.45) is 5.92 Å². The van der Waals surface area contributed by atoms with Gasteiger partial charge in [0.25, 0.3) is 0 Å². The molecule has 1 aromatic rings. The fraction of sp³-hybridized carbons (Fsp3) is 0.611. The standard InChI is InChI=1S/C18H25NOS2/c1-21-17-7-3-2-6-16(17)18(20)14-5-4-10-19(13-14)15-8-11-22-12-9-15/h2-3,6-7,14-15H,4-5,8-13H2,1H3/t14-/m0/s1. The largest absolute Gasteiger partial charge is 0.300 e. The highest BCUT2D eigenvalue weighted by Gasteiger charge is 2.31. The quantitative estimate of drug-likeness (QED) is 0.607. The van der Waals surface area contributed by atoms with Crippen molar-refractivity contribution in [1.82, 2.24) is 4.90 Å². The lowest BCUT2D eigenvalue weighted by molar-refractivity contribution is 0.0738. The van der Waals surface area contributed by atoms with Crippen LogP contribution < -0.4 is 0 Å². The van der Waals surface area contributed by atoms with Gasteiger partial charge in [0.15, 0.2) is 5.78 Å². The number of thioether (sulfide) groups is 2. The van der Waals surface area contributed by atoms with E-state index in [0.29, 0.717) is 11.8 Å². The molecule has 0 bridgehead atoms. The number of carbonyl (C=O) groups excluding carboxylic acids is 1. The molecule has 22 heavy (non-hydrogen) atoms. The third-order valence-corrected chi connectivity index (χ3v) is 6.75. The van der Waals surface area contributed by atoms with Crippen LogP contribution in [0.3, 0.4) is 0 Å². The molecule has 2 aliphatic heterocycles. The smallest absolute Gasteiger partial charge is 0.168 e. The third-order valence-electron chi connectivity index (χ3n) is 4.90. The second kappa shape index (κ2) is 7.89. The first-order valence-electron chi connectivity index (χ1n) is 8.28. The number of rotatable bonds is 4. The van der Waals surface area contributed by atoms with Gasteiger partial charge in [-0.2, -0.15) is 11.8 Å². The number of piperidine rings is 1. The summed E-state index contributed by atoms with van der Waals surface area (Å²) in [6.45, 7) is 2.15. The maximum Gasteiger partial charge on any atom is 0.168 e. The van der Waals surface area contributed by atoms with Crippen LogP contribution in [0.1, 0.15) is 36.0 Å². The molecule has 2 aliphatic rings. The molecule has 120 valence electrons. The number of hydrogen-bond acceptors (Lipinski definition) is 4. The lowest BCUT2D eigenvalue weighted by Gasteiger charge is -2.39. The number of ketones is 1. The molecule has 2 saturated heterocycles. The number of nitrogens with zero attached hydrogens (tertiary/aromatic N) is 1. The highest BCUT2D eigenvalue weighted by atomic mass is 32.2. The lowest BCUT2D eigenvalue weighted by Crippen LogP contribution is -2.46. The molecule has 2 nitrogen and oxygen atoms in total. The minimum atomic E-state index is 0.191. The van der Waals surface area contributed by atoms with Gasteiger partial charge in [-0.15, -0.1) is 11.8 Å². The van der Waals surface area contributed by atoms with Crippen LogP contribution >= 0.6 is 23.5 Å². The number of Topliss-reactive ketones (excluding diaryl/α,β-unsaturated/α-hetero) is 1. The Bertz CT molecular complexity index is 514. The van der Waals surface area contributed by atoms with Crippen molar-refractivity contribution in [3.8, 4) is 0 Å². The van der Waals surface area contributed by atoms with E-state index < -0.39 is 0 Å². The van der Waals surface area contributed by atoms with Gasteiger partial charge in [-0.05, 0) is 56.1 Å². The minimum Gasteiger partial charge on any atom is -0.300 e. The molecule has 0 saturated carbocycles. The molecule has 1 aromatic carbocycles. The molecule has 0 radical (unpaired) electrons. The fourth-order valence-electron chi connectivity index (χ4n) is 3.67. The van der Waals surface area contributed by atoms with Crippen LogP contribution in [-0.4, -0.2) is 47.6 Å². The highest BCUT2D eigenvalue weighted by molar-refractivity contribution is 7.99. The van der Waals surface area contributed by atoms with Crippen LogP contribution in [0, 0.1) is 5.92 Å². The molecule has 2 heterocycles. The summed E-state index contributed by atoms with van der Waals surface area (Å²) in [6.07, 6.45) is 6.87. The number of hydrogen-bond donors (Lipinski definition) is 0. The maximum absolute atomic E-state index is 13.0. The zero-order valence-corrected chi connectivity index (χ0v) is 14.9. The van der Waals surface area contributed by atoms with Crippen LogP contribution in [-0.2, 0) is 0 Å². The molecule has 2 fully saturated rings. The van der Waals surface area contributed by atoms with Gasteiger partial charge in [0, 0.05) is 29.0 Å². The van der Waals surface area contributed by atoms with E-state index in [-0.39, 0.29) is 5.92 Å². The SMILES string of the molecule is CSc1ccccc1C(=O)[C@H]1CCCN(C2CCSCC2)C1. The van der Waals surface area contributed by atoms with Crippen LogP contribution in [0.2, 0.25) is 0 Å². The Kier molecular flexibility index (Phi) is 5.89. The molecule has 0 amide bonds. The van der Waals surface area contributed by atoms with E-state index >= 15 is 0 Å². The second-order valence-electron chi connectivity index (χ2n) is 6.24. The van der Waals surface area contributed by atoms with E-state index in [1.54, 1.807) is 11.8 Å². The zero-order chi connectivity index (χ0) is 15.4. The van der Waals surface area contributed by atoms with Crippen molar-refractivity contribution < 1.29 is 4.79 Å². The summed E-state index contributed by atoms with van der Waals surface area (Å²) in [4.78, 5) is 16.7. The van der Waals surface area contributed by atoms with Gasteiger partial charge in [0.05, 0.1) is 0 Å². The van der Waals surface area contributed by atoms with Crippen LogP contribution in [0.5, 0.6) is 0 Å². The monoisotopic (exact) mass is 335 g/mol. The fourth-order valence-corrected chi connectivity index (χ4v) is 5.36. The van der Waals surface area contributed by atoms with Gasteiger partial charge in [0.2, 0.25) is 0 Å². The molecular formula is C18H25NOS2. The molecule has 1 atom stereocenters. The van der Waals surface area contributed by atoms with Crippen LogP contribution in [0.15, 0.2) is 29.2 Å². The van der Waals surface area contributed by atoms with Crippen LogP contribution in [0.25, 0.3) is 0 Å². The molecule has 0 spiro atoms. The summed E-state index contributed by atoms with van der Waals surface area (Å²) in [7, 11) is 0. The average molecular weight is 336 g/mol. The molecule has 0 aliphatic carbocycles. The highest BCUT2D eigenvalue weighted by Crippen LogP contribution is 2.30. The van der Waals surface area contributed by atoms with Crippen molar-refractivity contribution in [2.75, 3.05) is 30.9 Å². The molecule has 4 heteroatoms. The normalized spacial score (nSPS) is 24.3. The number of benzene rings is 1. The van der Waals surface area contributed by atoms with E-state index in [1.165, 1.54) is 37.3 Å². The number of likely N-dealkylation sites (tertiary alicyclic amines) is 1. The van der Waals surface area contributed by atoms with Gasteiger partial charge < -0.3 is 0 Å². The summed E-state index contributed by atoms with van der Waals surface area (Å²) in [5.41, 5.74) is 0.932. The summed E-state index contributed by atoms with van der Waals surface area (Å²) >= 11 is 3.75. The summed E-state index contributed by atoms with van der Waals surface area (Å²) in [5, 5.41) is 0. The number of carbonyl (C=O) groups is 1. The van der Waals surface area contributed by atoms with E-state index in [1.807, 2.05) is 18.2 Å². The van der Waals surface area contributed by atoms with Gasteiger partial charge in [-0.25, -0.2) is 0 Å². The van der Waals surface area contributed by atoms with E-state index in [0.717, 1.165) is 23.4 Å². The van der Waals surface area contributed by atoms with Crippen molar-refractivity contribution in [1.29, 1.82) is 0 Å². The first-order valence-corrected chi connectivity index (χ1v) is 10.7. The van der Waals surface area contributed by atoms with Gasteiger partial charge in [-0.3, -0.25) is 9.69 Å². The summed E-state index contributed by atoms with van der Waals surface area (Å²) in [5.74, 6) is 3.13. The molecule has 3 rings (SSSR count). The lowest BCUT2D eigenvalue weighted by atomic mass is 9.88. The third kappa shape index (κ3) is 3.72. The van der Waals surface area contributed by atoms with E-state index in [9.17, 15) is 4.79 Å². The first-order chi connectivity index (χ1) is 10.8. The van der Waals surface area contributed by atoms with E-state index in [4.69, 9.17) is 0 Å². The first kappa shape index (κ1) is 16.4. The van der Waals surface area contributed by atoms with Crippen molar-refractivity contribution in [3.05, 3.63) is 29.8 Å². The van der Waals surface area contributed by atoms with Gasteiger partial charge in [-0.1, -0.05) is 18.2 Å². The molecule has 0 N–H and O–H groups in total. The Morgan fingerprint density at radius 2 is 2.00 bits per heavy atom. The summed E-state index contributed by atoms with van der Waals surface area (Å²) in [6, 6.07) is 8.80. The van der Waals surface area contributed by atoms with Crippen molar-refractivity contribution >= 4 is 29.3 Å².